The number of aryl methyl sites for hydroxylation is 2. The molecule has 7 heteroatoms. The summed E-state index contributed by atoms with van der Waals surface area (Å²) in [6, 6.07) is 3.94. The van der Waals surface area contributed by atoms with Gasteiger partial charge >= 0.3 is 0 Å². The zero-order valence-corrected chi connectivity index (χ0v) is 15.5. The van der Waals surface area contributed by atoms with Crippen LogP contribution in [0.1, 0.15) is 23.2 Å². The summed E-state index contributed by atoms with van der Waals surface area (Å²) in [6.07, 6.45) is 1.80. The minimum atomic E-state index is 0.470. The number of rotatable bonds is 6. The molecule has 2 rings (SSSR count). The third kappa shape index (κ3) is 4.51. The van der Waals surface area contributed by atoms with Gasteiger partial charge in [-0.25, -0.2) is 9.98 Å². The fraction of sp³-hybridized carbons (Fsp3) is 0.400. The second-order valence-electron chi connectivity index (χ2n) is 4.92. The van der Waals surface area contributed by atoms with E-state index in [0.717, 1.165) is 33.0 Å². The molecule has 0 saturated heterocycles. The van der Waals surface area contributed by atoms with E-state index in [9.17, 15) is 0 Å². The monoisotopic (exact) mass is 382 g/mol. The zero-order chi connectivity index (χ0) is 16.1. The van der Waals surface area contributed by atoms with Gasteiger partial charge in [-0.05, 0) is 60.4 Å². The quantitative estimate of drug-likeness (QED) is 0.557. The van der Waals surface area contributed by atoms with E-state index in [4.69, 9.17) is 4.74 Å². The van der Waals surface area contributed by atoms with Crippen LogP contribution >= 0.6 is 27.5 Å². The molecule has 2 aromatic heterocycles. The van der Waals surface area contributed by atoms with Crippen LogP contribution in [-0.2, 0) is 6.61 Å². The molecule has 2 aromatic rings. The summed E-state index contributed by atoms with van der Waals surface area (Å²) < 4.78 is 10.8. The molecule has 22 heavy (non-hydrogen) atoms. The highest BCUT2D eigenvalue weighted by atomic mass is 79.9. The summed E-state index contributed by atoms with van der Waals surface area (Å²) in [5.41, 5.74) is 2.67. The second-order valence-corrected chi connectivity index (χ2v) is 6.66. The Labute approximate surface area is 143 Å². The van der Waals surface area contributed by atoms with Crippen LogP contribution < -0.4 is 4.74 Å². The molecule has 118 valence electrons. The lowest BCUT2D eigenvalue weighted by Gasteiger charge is -2.10. The van der Waals surface area contributed by atoms with Crippen LogP contribution in [0, 0.1) is 13.8 Å². The van der Waals surface area contributed by atoms with Crippen molar-refractivity contribution in [3.05, 3.63) is 32.9 Å². The largest absolute Gasteiger partial charge is 0.471 e. The van der Waals surface area contributed by atoms with Gasteiger partial charge in [0.2, 0.25) is 5.88 Å². The zero-order valence-electron chi connectivity index (χ0n) is 13.1. The van der Waals surface area contributed by atoms with Crippen LogP contribution in [0.3, 0.4) is 0 Å². The van der Waals surface area contributed by atoms with Gasteiger partial charge < -0.3 is 9.64 Å². The molecule has 0 fully saturated rings. The summed E-state index contributed by atoms with van der Waals surface area (Å²) in [7, 11) is 1.98. The van der Waals surface area contributed by atoms with Crippen molar-refractivity contribution in [2.45, 2.75) is 27.4 Å². The van der Waals surface area contributed by atoms with Crippen LogP contribution in [0.25, 0.3) is 0 Å². The minimum absolute atomic E-state index is 0.470. The molecule has 0 N–H and O–H groups in total. The van der Waals surface area contributed by atoms with Crippen molar-refractivity contribution >= 4 is 39.5 Å². The fourth-order valence-corrected chi connectivity index (χ4v) is 2.72. The summed E-state index contributed by atoms with van der Waals surface area (Å²) in [4.78, 5) is 12.0. The summed E-state index contributed by atoms with van der Waals surface area (Å²) in [5, 5.41) is 0. The van der Waals surface area contributed by atoms with E-state index >= 15 is 0 Å². The maximum atomic E-state index is 5.77. The van der Waals surface area contributed by atoms with Crippen molar-refractivity contribution in [1.29, 1.82) is 0 Å². The number of hydrogen-bond acceptors (Lipinski definition) is 5. The molecule has 0 atom stereocenters. The Morgan fingerprint density at radius 2 is 2.18 bits per heavy atom. The molecule has 0 aliphatic carbocycles. The molecule has 0 amide bonds. The summed E-state index contributed by atoms with van der Waals surface area (Å²) >= 11 is 4.95. The molecule has 0 spiro atoms. The van der Waals surface area contributed by atoms with Crippen LogP contribution in [0.4, 0.5) is 5.69 Å². The molecule has 2 heterocycles. The van der Waals surface area contributed by atoms with Gasteiger partial charge in [0.15, 0.2) is 0 Å². The highest BCUT2D eigenvalue weighted by Crippen LogP contribution is 2.30. The van der Waals surface area contributed by atoms with Gasteiger partial charge in [-0.15, -0.1) is 0 Å². The van der Waals surface area contributed by atoms with Crippen molar-refractivity contribution in [2.75, 3.05) is 13.6 Å². The summed E-state index contributed by atoms with van der Waals surface area (Å²) in [5.74, 6) is 0.575. The Morgan fingerprint density at radius 1 is 1.41 bits per heavy atom. The molecule has 0 saturated carbocycles. The number of nitrogens with zero attached hydrogens (tertiary/aromatic N) is 4. The Hall–Kier alpha value is -1.47. The Bertz CT molecular complexity index is 672. The van der Waals surface area contributed by atoms with Crippen LogP contribution in [-0.4, -0.2) is 34.2 Å². The Morgan fingerprint density at radius 3 is 2.82 bits per heavy atom. The number of halogens is 1. The second kappa shape index (κ2) is 7.69. The van der Waals surface area contributed by atoms with Gasteiger partial charge in [-0.2, -0.15) is 4.37 Å². The van der Waals surface area contributed by atoms with Gasteiger partial charge in [0.25, 0.3) is 0 Å². The lowest BCUT2D eigenvalue weighted by molar-refractivity contribution is 0.294. The lowest BCUT2D eigenvalue weighted by Crippen LogP contribution is -2.14. The number of hydrogen-bond donors (Lipinski definition) is 0. The number of aliphatic imine (C=N–C) groups is 1. The van der Waals surface area contributed by atoms with Crippen LogP contribution in [0.15, 0.2) is 21.6 Å². The smallest absolute Gasteiger partial charge is 0.228 e. The first-order valence-corrected chi connectivity index (χ1v) is 8.52. The van der Waals surface area contributed by atoms with E-state index < -0.39 is 0 Å². The first-order chi connectivity index (χ1) is 10.5. The van der Waals surface area contributed by atoms with Gasteiger partial charge in [-0.3, -0.25) is 0 Å². The summed E-state index contributed by atoms with van der Waals surface area (Å²) in [6.45, 7) is 7.35. The molecule has 0 aliphatic rings. The average Bonchev–Trinajstić information content (AvgIpc) is 2.91. The van der Waals surface area contributed by atoms with Gasteiger partial charge in [-0.1, -0.05) is 0 Å². The molecule has 0 aromatic carbocycles. The van der Waals surface area contributed by atoms with Crippen LogP contribution in [0.2, 0.25) is 0 Å². The SMILES string of the molecule is CCN(C)C=Nc1cc(Br)c(OCc2cc(C)ns2)nc1C. The topological polar surface area (TPSA) is 50.6 Å². The van der Waals surface area contributed by atoms with Crippen molar-refractivity contribution < 1.29 is 4.74 Å². The first-order valence-electron chi connectivity index (χ1n) is 6.96. The molecular formula is C15H19BrN4OS. The van der Waals surface area contributed by atoms with E-state index in [2.05, 4.69) is 37.2 Å². The first kappa shape index (κ1) is 16.9. The van der Waals surface area contributed by atoms with Gasteiger partial charge in [0.05, 0.1) is 32.8 Å². The van der Waals surface area contributed by atoms with E-state index in [1.165, 1.54) is 11.5 Å². The maximum Gasteiger partial charge on any atom is 0.228 e. The normalized spacial score (nSPS) is 11.1. The predicted octanol–water partition coefficient (Wildman–Crippen LogP) is 4.11. The number of pyridine rings is 1. The lowest BCUT2D eigenvalue weighted by atomic mass is 10.3. The van der Waals surface area contributed by atoms with Crippen molar-refractivity contribution in [2.24, 2.45) is 4.99 Å². The highest BCUT2D eigenvalue weighted by Gasteiger charge is 2.09. The van der Waals surface area contributed by atoms with E-state index in [0.29, 0.717) is 12.5 Å². The van der Waals surface area contributed by atoms with Crippen molar-refractivity contribution in [3.63, 3.8) is 0 Å². The average molecular weight is 383 g/mol. The maximum absolute atomic E-state index is 5.77. The molecule has 5 nitrogen and oxygen atoms in total. The van der Waals surface area contributed by atoms with Gasteiger partial charge in [0, 0.05) is 13.6 Å². The van der Waals surface area contributed by atoms with Gasteiger partial charge in [0.1, 0.15) is 6.61 Å². The molecular weight excluding hydrogens is 364 g/mol. The van der Waals surface area contributed by atoms with Crippen molar-refractivity contribution in [3.8, 4) is 5.88 Å². The van der Waals surface area contributed by atoms with Crippen molar-refractivity contribution in [1.82, 2.24) is 14.3 Å². The fourth-order valence-electron chi connectivity index (χ4n) is 1.65. The Balaban J connectivity index is 2.10. The molecule has 0 radical (unpaired) electrons. The van der Waals surface area contributed by atoms with E-state index in [1.54, 1.807) is 6.34 Å². The van der Waals surface area contributed by atoms with E-state index in [1.807, 2.05) is 37.9 Å². The third-order valence-electron chi connectivity index (χ3n) is 3.03. The molecule has 0 bridgehead atoms. The molecule has 0 unspecified atom stereocenters. The molecule has 0 aliphatic heterocycles. The number of aromatic nitrogens is 2. The highest BCUT2D eigenvalue weighted by molar-refractivity contribution is 9.10. The Kier molecular flexibility index (Phi) is 5.90. The number of ether oxygens (including phenoxy) is 1. The van der Waals surface area contributed by atoms with E-state index in [-0.39, 0.29) is 0 Å². The standard InChI is InChI=1S/C15H19BrN4OS/c1-5-20(4)9-17-14-7-13(16)15(18-11(14)3)21-8-12-6-10(2)19-22-12/h6-7,9H,5,8H2,1-4H3. The minimum Gasteiger partial charge on any atom is -0.471 e. The van der Waals surface area contributed by atoms with Crippen LogP contribution in [0.5, 0.6) is 5.88 Å². The third-order valence-corrected chi connectivity index (χ3v) is 4.45. The predicted molar refractivity (Wildman–Crippen MR) is 94.3 cm³/mol.